The molecule has 1 N–H and O–H groups in total. The van der Waals surface area contributed by atoms with Gasteiger partial charge in [-0.15, -0.1) is 11.8 Å². The molecule has 0 aromatic heterocycles. The Labute approximate surface area is 121 Å². The highest BCUT2D eigenvalue weighted by Crippen LogP contribution is 2.41. The van der Waals surface area contributed by atoms with Gasteiger partial charge in [0, 0.05) is 37.1 Å². The van der Waals surface area contributed by atoms with Crippen molar-refractivity contribution in [3.63, 3.8) is 0 Å². The molecule has 19 heavy (non-hydrogen) atoms. The zero-order valence-electron chi connectivity index (χ0n) is 11.8. The Hall–Kier alpha value is -0.510. The highest BCUT2D eigenvalue weighted by molar-refractivity contribution is 7.98. The summed E-state index contributed by atoms with van der Waals surface area (Å²) >= 11 is 1.83. The third-order valence-corrected chi connectivity index (χ3v) is 5.34. The van der Waals surface area contributed by atoms with Crippen molar-refractivity contribution in [1.82, 2.24) is 10.2 Å². The van der Waals surface area contributed by atoms with Gasteiger partial charge < -0.3 is 5.32 Å². The molecule has 0 radical (unpaired) electrons. The van der Waals surface area contributed by atoms with Crippen LogP contribution in [0.5, 0.6) is 0 Å². The lowest BCUT2D eigenvalue weighted by Crippen LogP contribution is -2.47. The Morgan fingerprint density at radius 1 is 1.16 bits per heavy atom. The molecular weight excluding hydrogens is 252 g/mol. The summed E-state index contributed by atoms with van der Waals surface area (Å²) in [5.41, 5.74) is 1.53. The molecule has 1 saturated heterocycles. The van der Waals surface area contributed by atoms with Gasteiger partial charge in [-0.1, -0.05) is 18.6 Å². The van der Waals surface area contributed by atoms with Crippen LogP contribution in [-0.2, 0) is 0 Å². The molecule has 0 amide bonds. The van der Waals surface area contributed by atoms with Crippen LogP contribution in [0.3, 0.4) is 0 Å². The van der Waals surface area contributed by atoms with E-state index in [0.717, 1.165) is 19.0 Å². The summed E-state index contributed by atoms with van der Waals surface area (Å²) in [5.74, 6) is 0.887. The highest BCUT2D eigenvalue weighted by Gasteiger charge is 2.33. The number of hydrogen-bond donors (Lipinski definition) is 1. The molecule has 1 aromatic carbocycles. The van der Waals surface area contributed by atoms with Gasteiger partial charge in [0.05, 0.1) is 0 Å². The first-order chi connectivity index (χ1) is 9.38. The zero-order valence-corrected chi connectivity index (χ0v) is 12.6. The van der Waals surface area contributed by atoms with Crippen molar-refractivity contribution in [2.45, 2.75) is 30.2 Å². The summed E-state index contributed by atoms with van der Waals surface area (Å²) in [4.78, 5) is 4.07. The van der Waals surface area contributed by atoms with Crippen molar-refractivity contribution in [3.8, 4) is 0 Å². The largest absolute Gasteiger partial charge is 0.314 e. The van der Waals surface area contributed by atoms with E-state index in [9.17, 15) is 0 Å². The van der Waals surface area contributed by atoms with E-state index in [4.69, 9.17) is 0 Å². The van der Waals surface area contributed by atoms with Crippen molar-refractivity contribution in [3.05, 3.63) is 29.8 Å². The second-order valence-corrected chi connectivity index (χ2v) is 6.57. The maximum Gasteiger partial charge on any atom is 0.0377 e. The van der Waals surface area contributed by atoms with Crippen molar-refractivity contribution >= 4 is 11.8 Å². The molecule has 1 heterocycles. The maximum atomic E-state index is 3.47. The normalized spacial score (nSPS) is 23.0. The SMILES string of the molecule is CSc1ccc([C@@H](C2CCC2)N2CCNCC2)cc1. The number of piperazine rings is 1. The molecule has 3 rings (SSSR count). The van der Waals surface area contributed by atoms with Crippen LogP contribution in [0.4, 0.5) is 0 Å². The molecule has 1 atom stereocenters. The van der Waals surface area contributed by atoms with Crippen LogP contribution >= 0.6 is 11.8 Å². The quantitative estimate of drug-likeness (QED) is 0.851. The first-order valence-corrected chi connectivity index (χ1v) is 8.69. The van der Waals surface area contributed by atoms with E-state index < -0.39 is 0 Å². The minimum Gasteiger partial charge on any atom is -0.314 e. The van der Waals surface area contributed by atoms with E-state index in [0.29, 0.717) is 6.04 Å². The Bertz CT molecular complexity index is 394. The fourth-order valence-corrected chi connectivity index (χ4v) is 3.71. The highest BCUT2D eigenvalue weighted by atomic mass is 32.2. The molecular formula is C16H24N2S. The van der Waals surface area contributed by atoms with Gasteiger partial charge in [-0.3, -0.25) is 4.90 Å². The van der Waals surface area contributed by atoms with Crippen LogP contribution < -0.4 is 5.32 Å². The van der Waals surface area contributed by atoms with Crippen LogP contribution in [0.25, 0.3) is 0 Å². The lowest BCUT2D eigenvalue weighted by atomic mass is 9.76. The summed E-state index contributed by atoms with van der Waals surface area (Å²) in [5, 5.41) is 3.47. The van der Waals surface area contributed by atoms with E-state index in [2.05, 4.69) is 40.7 Å². The average molecular weight is 276 g/mol. The predicted molar refractivity (Wildman–Crippen MR) is 82.7 cm³/mol. The molecule has 1 aliphatic carbocycles. The Balaban J connectivity index is 1.80. The van der Waals surface area contributed by atoms with Gasteiger partial charge in [0.1, 0.15) is 0 Å². The molecule has 1 saturated carbocycles. The number of rotatable bonds is 4. The molecule has 2 fully saturated rings. The van der Waals surface area contributed by atoms with Gasteiger partial charge in [0.15, 0.2) is 0 Å². The monoisotopic (exact) mass is 276 g/mol. The summed E-state index contributed by atoms with van der Waals surface area (Å²) in [7, 11) is 0. The van der Waals surface area contributed by atoms with E-state index in [1.54, 1.807) is 0 Å². The van der Waals surface area contributed by atoms with Crippen LogP contribution in [0, 0.1) is 5.92 Å². The molecule has 0 unspecified atom stereocenters. The first-order valence-electron chi connectivity index (χ1n) is 7.47. The van der Waals surface area contributed by atoms with Gasteiger partial charge >= 0.3 is 0 Å². The Morgan fingerprint density at radius 2 is 1.84 bits per heavy atom. The van der Waals surface area contributed by atoms with Gasteiger partial charge in [0.2, 0.25) is 0 Å². The second kappa shape index (κ2) is 6.29. The summed E-state index contributed by atoms with van der Waals surface area (Å²) in [6.07, 6.45) is 6.41. The van der Waals surface area contributed by atoms with Crippen molar-refractivity contribution in [2.24, 2.45) is 5.92 Å². The number of hydrogen-bond acceptors (Lipinski definition) is 3. The van der Waals surface area contributed by atoms with E-state index in [-0.39, 0.29) is 0 Å². The van der Waals surface area contributed by atoms with Gasteiger partial charge in [-0.25, -0.2) is 0 Å². The van der Waals surface area contributed by atoms with Crippen LogP contribution in [-0.4, -0.2) is 37.3 Å². The zero-order chi connectivity index (χ0) is 13.1. The number of thioether (sulfide) groups is 1. The Morgan fingerprint density at radius 3 is 2.37 bits per heavy atom. The standard InChI is InChI=1S/C16H24N2S/c1-19-15-7-5-14(6-8-15)16(13-3-2-4-13)18-11-9-17-10-12-18/h5-8,13,16-17H,2-4,9-12H2,1H3/t16-/m1/s1. The molecule has 0 spiro atoms. The number of benzene rings is 1. The van der Waals surface area contributed by atoms with Gasteiger partial charge in [0.25, 0.3) is 0 Å². The van der Waals surface area contributed by atoms with Gasteiger partial charge in [-0.05, 0) is 42.7 Å². The lowest BCUT2D eigenvalue weighted by Gasteiger charge is -2.43. The number of nitrogens with one attached hydrogen (secondary N) is 1. The lowest BCUT2D eigenvalue weighted by molar-refractivity contribution is 0.0837. The topological polar surface area (TPSA) is 15.3 Å². The van der Waals surface area contributed by atoms with Crippen LogP contribution in [0.15, 0.2) is 29.2 Å². The fraction of sp³-hybridized carbons (Fsp3) is 0.625. The molecule has 2 nitrogen and oxygen atoms in total. The van der Waals surface area contributed by atoms with Crippen molar-refractivity contribution in [2.75, 3.05) is 32.4 Å². The van der Waals surface area contributed by atoms with Crippen LogP contribution in [0.1, 0.15) is 30.9 Å². The summed E-state index contributed by atoms with van der Waals surface area (Å²) < 4.78 is 0. The first kappa shape index (κ1) is 13.5. The van der Waals surface area contributed by atoms with Crippen molar-refractivity contribution < 1.29 is 0 Å². The van der Waals surface area contributed by atoms with E-state index in [1.807, 2.05) is 11.8 Å². The molecule has 1 aromatic rings. The molecule has 3 heteroatoms. The minimum atomic E-state index is 0.659. The molecule has 2 aliphatic rings. The third kappa shape index (κ3) is 2.99. The molecule has 1 aliphatic heterocycles. The number of nitrogens with zero attached hydrogens (tertiary/aromatic N) is 1. The fourth-order valence-electron chi connectivity index (χ4n) is 3.30. The van der Waals surface area contributed by atoms with Gasteiger partial charge in [-0.2, -0.15) is 0 Å². The van der Waals surface area contributed by atoms with E-state index in [1.165, 1.54) is 42.8 Å². The molecule has 0 bridgehead atoms. The summed E-state index contributed by atoms with van der Waals surface area (Å²) in [6.45, 7) is 4.69. The smallest absolute Gasteiger partial charge is 0.0377 e. The van der Waals surface area contributed by atoms with Crippen LogP contribution in [0.2, 0.25) is 0 Å². The van der Waals surface area contributed by atoms with E-state index >= 15 is 0 Å². The minimum absolute atomic E-state index is 0.659. The summed E-state index contributed by atoms with van der Waals surface area (Å²) in [6, 6.07) is 9.95. The third-order valence-electron chi connectivity index (χ3n) is 4.60. The molecule has 104 valence electrons. The van der Waals surface area contributed by atoms with Crippen molar-refractivity contribution in [1.29, 1.82) is 0 Å². The Kier molecular flexibility index (Phi) is 4.46. The second-order valence-electron chi connectivity index (χ2n) is 5.69. The maximum absolute atomic E-state index is 3.47. The average Bonchev–Trinajstić information content (AvgIpc) is 2.44. The predicted octanol–water partition coefficient (Wildman–Crippen LogP) is 3.15.